The molecule has 0 aromatic rings. The topological polar surface area (TPSA) is 78.4 Å². The summed E-state index contributed by atoms with van der Waals surface area (Å²) in [7, 11) is 0. The zero-order valence-electron chi connectivity index (χ0n) is 11.6. The standard InChI is InChI=1S/C14H26N2O3/c17-13(18)9-3-4-10-15-14(19)16-11-5-8-12-6-1-2-7-12/h12H,1-11H2,(H,17,18)(H2,15,16,19). The minimum Gasteiger partial charge on any atom is -0.481 e. The van der Waals surface area contributed by atoms with Gasteiger partial charge in [0, 0.05) is 19.5 Å². The molecule has 1 aliphatic rings. The molecule has 0 unspecified atom stereocenters. The van der Waals surface area contributed by atoms with Crippen LogP contribution >= 0.6 is 0 Å². The highest BCUT2D eigenvalue weighted by Crippen LogP contribution is 2.28. The van der Waals surface area contributed by atoms with Gasteiger partial charge in [0.05, 0.1) is 0 Å². The summed E-state index contributed by atoms with van der Waals surface area (Å²) in [4.78, 5) is 21.7. The van der Waals surface area contributed by atoms with Gasteiger partial charge in [-0.1, -0.05) is 25.7 Å². The van der Waals surface area contributed by atoms with Crippen molar-refractivity contribution in [2.24, 2.45) is 5.92 Å². The van der Waals surface area contributed by atoms with E-state index < -0.39 is 5.97 Å². The highest BCUT2D eigenvalue weighted by atomic mass is 16.4. The number of unbranched alkanes of at least 4 members (excludes halogenated alkanes) is 1. The average Bonchev–Trinajstić information content (AvgIpc) is 2.87. The van der Waals surface area contributed by atoms with Crippen LogP contribution in [0.4, 0.5) is 4.79 Å². The highest BCUT2D eigenvalue weighted by Gasteiger charge is 2.14. The van der Waals surface area contributed by atoms with E-state index in [0.717, 1.165) is 18.9 Å². The fourth-order valence-corrected chi connectivity index (χ4v) is 2.56. The van der Waals surface area contributed by atoms with E-state index in [-0.39, 0.29) is 12.5 Å². The van der Waals surface area contributed by atoms with Crippen LogP contribution in [0.1, 0.15) is 57.8 Å². The van der Waals surface area contributed by atoms with Gasteiger partial charge in [-0.15, -0.1) is 0 Å². The Morgan fingerprint density at radius 1 is 1.00 bits per heavy atom. The summed E-state index contributed by atoms with van der Waals surface area (Å²) in [5.74, 6) is 0.0947. The molecule has 0 bridgehead atoms. The average molecular weight is 270 g/mol. The lowest BCUT2D eigenvalue weighted by Gasteiger charge is -2.10. The predicted octanol–water partition coefficient (Wildman–Crippen LogP) is 2.51. The molecule has 0 aromatic carbocycles. The largest absolute Gasteiger partial charge is 0.481 e. The summed E-state index contributed by atoms with van der Waals surface area (Å²) >= 11 is 0. The number of urea groups is 1. The molecule has 0 spiro atoms. The molecule has 0 radical (unpaired) electrons. The van der Waals surface area contributed by atoms with Crippen LogP contribution in [-0.4, -0.2) is 30.2 Å². The van der Waals surface area contributed by atoms with Gasteiger partial charge in [0.15, 0.2) is 0 Å². The highest BCUT2D eigenvalue weighted by molar-refractivity contribution is 5.73. The zero-order valence-corrected chi connectivity index (χ0v) is 11.6. The molecule has 5 nitrogen and oxygen atoms in total. The Morgan fingerprint density at radius 2 is 1.63 bits per heavy atom. The number of rotatable bonds is 9. The minimum atomic E-state index is -0.781. The summed E-state index contributed by atoms with van der Waals surface area (Å²) in [6.07, 6.45) is 9.22. The lowest BCUT2D eigenvalue weighted by molar-refractivity contribution is -0.137. The summed E-state index contributed by atoms with van der Waals surface area (Å²) < 4.78 is 0. The van der Waals surface area contributed by atoms with Crippen molar-refractivity contribution in [2.45, 2.75) is 57.8 Å². The van der Waals surface area contributed by atoms with Crippen LogP contribution in [0.2, 0.25) is 0 Å². The van der Waals surface area contributed by atoms with E-state index in [4.69, 9.17) is 5.11 Å². The van der Waals surface area contributed by atoms with Crippen molar-refractivity contribution in [3.63, 3.8) is 0 Å². The third-order valence-corrected chi connectivity index (χ3v) is 3.65. The Labute approximate surface area is 115 Å². The first-order valence-corrected chi connectivity index (χ1v) is 7.42. The van der Waals surface area contributed by atoms with Gasteiger partial charge in [-0.25, -0.2) is 4.79 Å². The van der Waals surface area contributed by atoms with Crippen LogP contribution in [0.25, 0.3) is 0 Å². The fourth-order valence-electron chi connectivity index (χ4n) is 2.56. The van der Waals surface area contributed by atoms with Crippen molar-refractivity contribution in [1.29, 1.82) is 0 Å². The number of nitrogens with one attached hydrogen (secondary N) is 2. The molecular weight excluding hydrogens is 244 g/mol. The lowest BCUT2D eigenvalue weighted by atomic mass is 10.0. The fraction of sp³-hybridized carbons (Fsp3) is 0.857. The van der Waals surface area contributed by atoms with Crippen LogP contribution in [0.3, 0.4) is 0 Å². The number of aliphatic carboxylic acids is 1. The van der Waals surface area contributed by atoms with Crippen LogP contribution in [0.5, 0.6) is 0 Å². The van der Waals surface area contributed by atoms with Crippen molar-refractivity contribution in [2.75, 3.05) is 13.1 Å². The molecule has 1 fully saturated rings. The third-order valence-electron chi connectivity index (χ3n) is 3.65. The molecule has 0 aliphatic heterocycles. The molecule has 0 aromatic heterocycles. The summed E-state index contributed by atoms with van der Waals surface area (Å²) in [5, 5.41) is 14.0. The van der Waals surface area contributed by atoms with Crippen molar-refractivity contribution in [1.82, 2.24) is 10.6 Å². The molecule has 0 saturated heterocycles. The van der Waals surface area contributed by atoms with Crippen molar-refractivity contribution >= 4 is 12.0 Å². The number of hydrogen-bond donors (Lipinski definition) is 3. The van der Waals surface area contributed by atoms with E-state index in [0.29, 0.717) is 19.4 Å². The Hall–Kier alpha value is -1.26. The number of carbonyl (C=O) groups excluding carboxylic acids is 1. The molecule has 0 atom stereocenters. The van der Waals surface area contributed by atoms with Gasteiger partial charge in [-0.3, -0.25) is 4.79 Å². The normalized spacial score (nSPS) is 15.4. The Kier molecular flexibility index (Phi) is 8.02. The molecule has 110 valence electrons. The molecule has 19 heavy (non-hydrogen) atoms. The van der Waals surface area contributed by atoms with E-state index in [1.54, 1.807) is 0 Å². The van der Waals surface area contributed by atoms with Gasteiger partial charge in [-0.2, -0.15) is 0 Å². The molecule has 0 heterocycles. The van der Waals surface area contributed by atoms with E-state index in [1.165, 1.54) is 32.1 Å². The number of carbonyl (C=O) groups is 2. The molecule has 2 amide bonds. The van der Waals surface area contributed by atoms with Crippen molar-refractivity contribution in [3.8, 4) is 0 Å². The van der Waals surface area contributed by atoms with E-state index in [9.17, 15) is 9.59 Å². The Balaban J connectivity index is 1.86. The first-order valence-electron chi connectivity index (χ1n) is 7.42. The second-order valence-electron chi connectivity index (χ2n) is 5.33. The number of carboxylic acid groups (broad SMARTS) is 1. The van der Waals surface area contributed by atoms with Gasteiger partial charge in [0.25, 0.3) is 0 Å². The lowest BCUT2D eigenvalue weighted by Crippen LogP contribution is -2.36. The quantitative estimate of drug-likeness (QED) is 0.563. The Morgan fingerprint density at radius 3 is 2.26 bits per heavy atom. The minimum absolute atomic E-state index is 0.137. The van der Waals surface area contributed by atoms with Gasteiger partial charge in [-0.05, 0) is 31.6 Å². The maximum Gasteiger partial charge on any atom is 0.314 e. The van der Waals surface area contributed by atoms with Gasteiger partial charge < -0.3 is 15.7 Å². The molecule has 1 aliphatic carbocycles. The SMILES string of the molecule is O=C(O)CCCCNC(=O)NCCCC1CCCC1. The maximum absolute atomic E-state index is 11.4. The molecule has 1 saturated carbocycles. The van der Waals surface area contributed by atoms with Crippen molar-refractivity contribution in [3.05, 3.63) is 0 Å². The van der Waals surface area contributed by atoms with Gasteiger partial charge >= 0.3 is 12.0 Å². The first kappa shape index (κ1) is 15.8. The number of carboxylic acids is 1. The summed E-state index contributed by atoms with van der Waals surface area (Å²) in [6, 6.07) is -0.137. The number of hydrogen-bond acceptors (Lipinski definition) is 2. The van der Waals surface area contributed by atoms with Crippen LogP contribution < -0.4 is 10.6 Å². The second kappa shape index (κ2) is 9.64. The molecule has 1 rings (SSSR count). The van der Waals surface area contributed by atoms with Crippen LogP contribution in [0.15, 0.2) is 0 Å². The summed E-state index contributed by atoms with van der Waals surface area (Å²) in [6.45, 7) is 1.28. The predicted molar refractivity (Wildman–Crippen MR) is 74.1 cm³/mol. The summed E-state index contributed by atoms with van der Waals surface area (Å²) in [5.41, 5.74) is 0. The second-order valence-corrected chi connectivity index (χ2v) is 5.33. The first-order chi connectivity index (χ1) is 9.18. The monoisotopic (exact) mass is 270 g/mol. The van der Waals surface area contributed by atoms with Crippen molar-refractivity contribution < 1.29 is 14.7 Å². The van der Waals surface area contributed by atoms with E-state index >= 15 is 0 Å². The van der Waals surface area contributed by atoms with Crippen LogP contribution in [-0.2, 0) is 4.79 Å². The van der Waals surface area contributed by atoms with E-state index in [2.05, 4.69) is 10.6 Å². The van der Waals surface area contributed by atoms with E-state index in [1.807, 2.05) is 0 Å². The third kappa shape index (κ3) is 8.46. The number of amides is 2. The maximum atomic E-state index is 11.4. The van der Waals surface area contributed by atoms with Gasteiger partial charge in [0.2, 0.25) is 0 Å². The molecule has 3 N–H and O–H groups in total. The van der Waals surface area contributed by atoms with Gasteiger partial charge in [0.1, 0.15) is 0 Å². The smallest absolute Gasteiger partial charge is 0.314 e. The molecule has 5 heteroatoms. The van der Waals surface area contributed by atoms with Crippen LogP contribution in [0, 0.1) is 5.92 Å². The molecular formula is C14H26N2O3. The zero-order chi connectivity index (χ0) is 13.9. The Bertz CT molecular complexity index is 276.